The van der Waals surface area contributed by atoms with Crippen LogP contribution in [0.15, 0.2) is 43.0 Å². The number of carbonyl (C=O) groups is 2. The lowest BCUT2D eigenvalue weighted by atomic mass is 9.67. The van der Waals surface area contributed by atoms with Gasteiger partial charge < -0.3 is 0 Å². The molecule has 0 spiro atoms. The molecule has 1 aliphatic rings. The van der Waals surface area contributed by atoms with Crippen LogP contribution in [-0.4, -0.2) is 11.6 Å². The second-order valence-electron chi connectivity index (χ2n) is 4.24. The maximum atomic E-state index is 12.2. The molecule has 0 saturated carbocycles. The number of hydrogen-bond acceptors (Lipinski definition) is 2. The van der Waals surface area contributed by atoms with Gasteiger partial charge in [0.1, 0.15) is 11.2 Å². The van der Waals surface area contributed by atoms with Crippen molar-refractivity contribution in [2.75, 3.05) is 0 Å². The van der Waals surface area contributed by atoms with E-state index in [0.717, 1.165) is 11.1 Å². The maximum absolute atomic E-state index is 12.2. The normalized spacial score (nSPS) is 22.1. The molecule has 2 heteroatoms. The number of rotatable bonds is 3. The Balaban J connectivity index is 2.73. The van der Waals surface area contributed by atoms with Crippen molar-refractivity contribution in [3.05, 3.63) is 54.1 Å². The highest BCUT2D eigenvalue weighted by molar-refractivity contribution is 6.19. The van der Waals surface area contributed by atoms with Crippen molar-refractivity contribution < 1.29 is 9.59 Å². The Bertz CT molecular complexity index is 525. The lowest BCUT2D eigenvalue weighted by molar-refractivity contribution is -0.131. The average Bonchev–Trinajstić information content (AvgIpc) is 2.32. The molecule has 1 aromatic rings. The highest BCUT2D eigenvalue weighted by Crippen LogP contribution is 2.37. The Hall–Kier alpha value is -1.96. The smallest absolute Gasteiger partial charge is 0.173 e. The third-order valence-electron chi connectivity index (χ3n) is 3.31. The van der Waals surface area contributed by atoms with Crippen molar-refractivity contribution in [2.24, 2.45) is 0 Å². The first-order valence-corrected chi connectivity index (χ1v) is 5.57. The Morgan fingerprint density at radius 1 is 1.35 bits per heavy atom. The Kier molecular flexibility index (Phi) is 2.80. The molecule has 86 valence electrons. The number of fused-ring (bicyclic) bond motifs is 1. The molecular weight excluding hydrogens is 212 g/mol. The van der Waals surface area contributed by atoms with Crippen LogP contribution in [0.4, 0.5) is 0 Å². The van der Waals surface area contributed by atoms with Gasteiger partial charge in [0, 0.05) is 0 Å². The molecule has 1 aromatic carbocycles. The van der Waals surface area contributed by atoms with Gasteiger partial charge in [0.2, 0.25) is 0 Å². The van der Waals surface area contributed by atoms with Crippen molar-refractivity contribution >= 4 is 17.6 Å². The summed E-state index contributed by atoms with van der Waals surface area (Å²) < 4.78 is 0. The Morgan fingerprint density at radius 3 is 2.71 bits per heavy atom. The number of benzene rings is 1. The molecule has 2 nitrogen and oxygen atoms in total. The first-order chi connectivity index (χ1) is 8.13. The van der Waals surface area contributed by atoms with E-state index < -0.39 is 5.41 Å². The molecular formula is C15H14O2. The van der Waals surface area contributed by atoms with Crippen LogP contribution in [0, 0.1) is 0 Å². The Morgan fingerprint density at radius 2 is 2.06 bits per heavy atom. The van der Waals surface area contributed by atoms with E-state index in [9.17, 15) is 9.59 Å². The van der Waals surface area contributed by atoms with Gasteiger partial charge in [0.25, 0.3) is 0 Å². The van der Waals surface area contributed by atoms with Gasteiger partial charge in [-0.2, -0.15) is 0 Å². The highest BCUT2D eigenvalue weighted by Gasteiger charge is 2.44. The second-order valence-corrected chi connectivity index (χ2v) is 4.24. The summed E-state index contributed by atoms with van der Waals surface area (Å²) in [6.45, 7) is 5.13. The highest BCUT2D eigenvalue weighted by atomic mass is 16.2. The van der Waals surface area contributed by atoms with Crippen molar-refractivity contribution in [3.8, 4) is 0 Å². The molecule has 0 amide bonds. The fourth-order valence-corrected chi connectivity index (χ4v) is 2.41. The van der Waals surface area contributed by atoms with Gasteiger partial charge >= 0.3 is 0 Å². The van der Waals surface area contributed by atoms with Crippen molar-refractivity contribution in [1.82, 2.24) is 0 Å². The summed E-state index contributed by atoms with van der Waals surface area (Å²) in [4.78, 5) is 24.1. The van der Waals surface area contributed by atoms with E-state index in [1.165, 1.54) is 13.0 Å². The zero-order chi connectivity index (χ0) is 12.5. The second kappa shape index (κ2) is 4.13. The number of Topliss-reactive ketones (excluding diaryl/α,β-unsaturated/α-hetero) is 1. The van der Waals surface area contributed by atoms with E-state index in [4.69, 9.17) is 0 Å². The lowest BCUT2D eigenvalue weighted by Gasteiger charge is -2.32. The van der Waals surface area contributed by atoms with Crippen LogP contribution in [0.2, 0.25) is 0 Å². The first kappa shape index (κ1) is 11.5. The lowest BCUT2D eigenvalue weighted by Crippen LogP contribution is -2.43. The molecule has 0 bridgehead atoms. The Labute approximate surface area is 101 Å². The predicted octanol–water partition coefficient (Wildman–Crippen LogP) is 2.69. The number of carbonyl (C=O) groups excluding carboxylic acids is 2. The van der Waals surface area contributed by atoms with E-state index in [1.807, 2.05) is 24.3 Å². The third kappa shape index (κ3) is 1.57. The van der Waals surface area contributed by atoms with Gasteiger partial charge in [-0.25, -0.2) is 0 Å². The zero-order valence-electron chi connectivity index (χ0n) is 9.77. The number of hydrogen-bond donors (Lipinski definition) is 0. The quantitative estimate of drug-likeness (QED) is 0.586. The summed E-state index contributed by atoms with van der Waals surface area (Å²) >= 11 is 0. The topological polar surface area (TPSA) is 34.1 Å². The van der Waals surface area contributed by atoms with E-state index in [2.05, 4.69) is 6.58 Å². The van der Waals surface area contributed by atoms with Crippen LogP contribution in [0.25, 0.3) is 6.08 Å². The monoisotopic (exact) mass is 226 g/mol. The molecule has 0 fully saturated rings. The number of ketones is 2. The molecule has 0 heterocycles. The van der Waals surface area contributed by atoms with Gasteiger partial charge in [-0.3, -0.25) is 9.59 Å². The average molecular weight is 226 g/mol. The standard InChI is InChI=1S/C15H14O2/c1-3-10-15(11(2)16)13-7-5-4-6-12(13)8-9-14(15)17/h3-9H,1,10H2,2H3. The molecule has 1 aliphatic carbocycles. The van der Waals surface area contributed by atoms with Gasteiger partial charge in [-0.05, 0) is 30.5 Å². The number of allylic oxidation sites excluding steroid dienone is 2. The zero-order valence-corrected chi connectivity index (χ0v) is 9.77. The first-order valence-electron chi connectivity index (χ1n) is 5.57. The minimum atomic E-state index is -1.06. The molecule has 0 saturated heterocycles. The molecule has 1 atom stereocenters. The summed E-state index contributed by atoms with van der Waals surface area (Å²) in [6, 6.07) is 7.52. The fraction of sp³-hybridized carbons (Fsp3) is 0.200. The minimum Gasteiger partial charge on any atom is -0.298 e. The summed E-state index contributed by atoms with van der Waals surface area (Å²) in [6.07, 6.45) is 5.24. The minimum absolute atomic E-state index is 0.126. The summed E-state index contributed by atoms with van der Waals surface area (Å²) in [7, 11) is 0. The fourth-order valence-electron chi connectivity index (χ4n) is 2.41. The molecule has 0 radical (unpaired) electrons. The van der Waals surface area contributed by atoms with Gasteiger partial charge in [0.05, 0.1) is 0 Å². The van der Waals surface area contributed by atoms with E-state index >= 15 is 0 Å². The maximum Gasteiger partial charge on any atom is 0.173 e. The molecule has 0 N–H and O–H groups in total. The molecule has 1 unspecified atom stereocenters. The van der Waals surface area contributed by atoms with Crippen LogP contribution in [0.3, 0.4) is 0 Å². The predicted molar refractivity (Wildman–Crippen MR) is 67.7 cm³/mol. The summed E-state index contributed by atoms with van der Waals surface area (Å²) in [5.74, 6) is -0.275. The van der Waals surface area contributed by atoms with Crippen LogP contribution in [-0.2, 0) is 15.0 Å². The van der Waals surface area contributed by atoms with Crippen molar-refractivity contribution in [3.63, 3.8) is 0 Å². The van der Waals surface area contributed by atoms with Gasteiger partial charge in [-0.15, -0.1) is 6.58 Å². The largest absolute Gasteiger partial charge is 0.298 e. The van der Waals surface area contributed by atoms with E-state index in [-0.39, 0.29) is 11.6 Å². The molecule has 17 heavy (non-hydrogen) atoms. The molecule has 0 aliphatic heterocycles. The van der Waals surface area contributed by atoms with Crippen LogP contribution in [0.5, 0.6) is 0 Å². The van der Waals surface area contributed by atoms with E-state index in [1.54, 1.807) is 12.2 Å². The van der Waals surface area contributed by atoms with Crippen LogP contribution >= 0.6 is 0 Å². The van der Waals surface area contributed by atoms with Crippen molar-refractivity contribution in [1.29, 1.82) is 0 Å². The summed E-state index contributed by atoms with van der Waals surface area (Å²) in [5, 5.41) is 0. The third-order valence-corrected chi connectivity index (χ3v) is 3.31. The summed E-state index contributed by atoms with van der Waals surface area (Å²) in [5.41, 5.74) is 0.664. The molecule has 0 aromatic heterocycles. The van der Waals surface area contributed by atoms with Crippen LogP contribution < -0.4 is 0 Å². The van der Waals surface area contributed by atoms with Gasteiger partial charge in [0.15, 0.2) is 5.78 Å². The van der Waals surface area contributed by atoms with Gasteiger partial charge in [-0.1, -0.05) is 36.4 Å². The van der Waals surface area contributed by atoms with Crippen molar-refractivity contribution in [2.45, 2.75) is 18.8 Å². The molecule has 2 rings (SSSR count). The van der Waals surface area contributed by atoms with Crippen LogP contribution in [0.1, 0.15) is 24.5 Å². The SMILES string of the molecule is C=CCC1(C(C)=O)C(=O)C=Cc2ccccc21. The van der Waals surface area contributed by atoms with E-state index in [0.29, 0.717) is 6.42 Å².